The molecule has 0 spiro atoms. The number of thiophene rings is 1. The summed E-state index contributed by atoms with van der Waals surface area (Å²) in [5, 5.41) is 4.06. The molecule has 2 aromatic rings. The van der Waals surface area contributed by atoms with Crippen molar-refractivity contribution in [3.63, 3.8) is 0 Å². The van der Waals surface area contributed by atoms with Crippen molar-refractivity contribution >= 4 is 33.9 Å². The Bertz CT molecular complexity index is 519. The van der Waals surface area contributed by atoms with Crippen molar-refractivity contribution in [2.75, 3.05) is 0 Å². The Balaban J connectivity index is 2.44. The molecule has 0 aliphatic rings. The average Bonchev–Trinajstić information content (AvgIpc) is 2.71. The minimum Gasteiger partial charge on any atom is -0.291 e. The van der Waals surface area contributed by atoms with Crippen molar-refractivity contribution in [3.8, 4) is 0 Å². The lowest BCUT2D eigenvalue weighted by Gasteiger charge is -2.07. The summed E-state index contributed by atoms with van der Waals surface area (Å²) in [6.07, 6.45) is 1.61. The fraction of sp³-hybridized carbons (Fsp3) is 0.200. The molecule has 2 heterocycles. The summed E-state index contributed by atoms with van der Waals surface area (Å²) < 4.78 is 2.36. The van der Waals surface area contributed by atoms with Gasteiger partial charge in [-0.3, -0.25) is 9.36 Å². The predicted octanol–water partition coefficient (Wildman–Crippen LogP) is 2.27. The van der Waals surface area contributed by atoms with Crippen LogP contribution in [0.15, 0.2) is 27.8 Å². The number of hydrogen-bond donors (Lipinski definition) is 0. The van der Waals surface area contributed by atoms with E-state index in [1.54, 1.807) is 22.1 Å². The van der Waals surface area contributed by atoms with Gasteiger partial charge in [0.25, 0.3) is 5.56 Å². The van der Waals surface area contributed by atoms with E-state index < -0.39 is 0 Å². The summed E-state index contributed by atoms with van der Waals surface area (Å²) in [7, 11) is 0. The maximum atomic E-state index is 11.8. The number of halogens is 1. The quantitative estimate of drug-likeness (QED) is 0.791. The molecule has 0 aliphatic carbocycles. The van der Waals surface area contributed by atoms with E-state index in [-0.39, 0.29) is 5.56 Å². The summed E-state index contributed by atoms with van der Waals surface area (Å²) >= 11 is 3.65. The minimum atomic E-state index is 0.0364. The van der Waals surface area contributed by atoms with E-state index in [9.17, 15) is 4.79 Å². The SMILES string of the molecule is Cc1ncc(I)c(=O)n1Cc1ccsc1. The summed E-state index contributed by atoms with van der Waals surface area (Å²) in [5.74, 6) is 0.756. The van der Waals surface area contributed by atoms with E-state index in [0.717, 1.165) is 11.4 Å². The second-order valence-electron chi connectivity index (χ2n) is 3.18. The average molecular weight is 332 g/mol. The van der Waals surface area contributed by atoms with Crippen LogP contribution in [0.4, 0.5) is 0 Å². The molecule has 78 valence electrons. The van der Waals surface area contributed by atoms with E-state index in [1.165, 1.54) is 0 Å². The molecule has 0 unspecified atom stereocenters. The summed E-state index contributed by atoms with van der Waals surface area (Å²) in [6, 6.07) is 2.02. The Hall–Kier alpha value is -0.690. The molecule has 0 amide bonds. The Morgan fingerprint density at radius 3 is 3.07 bits per heavy atom. The fourth-order valence-electron chi connectivity index (χ4n) is 1.30. The van der Waals surface area contributed by atoms with Gasteiger partial charge in [-0.05, 0) is 51.9 Å². The van der Waals surface area contributed by atoms with Gasteiger partial charge in [0.05, 0.1) is 10.1 Å². The van der Waals surface area contributed by atoms with Crippen molar-refractivity contribution in [2.24, 2.45) is 0 Å². The van der Waals surface area contributed by atoms with Gasteiger partial charge in [0.2, 0.25) is 0 Å². The molecular weight excluding hydrogens is 323 g/mol. The van der Waals surface area contributed by atoms with Crippen LogP contribution in [0.5, 0.6) is 0 Å². The first-order valence-corrected chi connectivity index (χ1v) is 6.43. The first-order valence-electron chi connectivity index (χ1n) is 4.41. The fourth-order valence-corrected chi connectivity index (χ4v) is 2.39. The second kappa shape index (κ2) is 4.44. The topological polar surface area (TPSA) is 34.9 Å². The lowest BCUT2D eigenvalue weighted by Crippen LogP contribution is -2.25. The number of rotatable bonds is 2. The molecule has 0 aliphatic heterocycles. The van der Waals surface area contributed by atoms with Crippen LogP contribution in [-0.2, 0) is 6.54 Å². The van der Waals surface area contributed by atoms with Crippen LogP contribution in [0, 0.1) is 10.5 Å². The van der Waals surface area contributed by atoms with Crippen molar-refractivity contribution in [1.29, 1.82) is 0 Å². The van der Waals surface area contributed by atoms with E-state index in [2.05, 4.69) is 4.98 Å². The van der Waals surface area contributed by atoms with E-state index in [4.69, 9.17) is 0 Å². The molecule has 5 heteroatoms. The Morgan fingerprint density at radius 1 is 1.60 bits per heavy atom. The molecule has 0 saturated carbocycles. The zero-order valence-electron chi connectivity index (χ0n) is 8.11. The van der Waals surface area contributed by atoms with Crippen molar-refractivity contribution < 1.29 is 0 Å². The first-order chi connectivity index (χ1) is 7.18. The summed E-state index contributed by atoms with van der Waals surface area (Å²) in [5.41, 5.74) is 1.18. The van der Waals surface area contributed by atoms with Crippen LogP contribution >= 0.6 is 33.9 Å². The van der Waals surface area contributed by atoms with Gasteiger partial charge in [0.15, 0.2) is 0 Å². The molecule has 2 aromatic heterocycles. The second-order valence-corrected chi connectivity index (χ2v) is 5.12. The van der Waals surface area contributed by atoms with Gasteiger partial charge >= 0.3 is 0 Å². The van der Waals surface area contributed by atoms with Gasteiger partial charge in [-0.2, -0.15) is 11.3 Å². The van der Waals surface area contributed by atoms with Crippen molar-refractivity contribution in [2.45, 2.75) is 13.5 Å². The summed E-state index contributed by atoms with van der Waals surface area (Å²) in [6.45, 7) is 2.46. The van der Waals surface area contributed by atoms with Gasteiger partial charge in [0, 0.05) is 6.20 Å². The van der Waals surface area contributed by atoms with Gasteiger partial charge in [-0.25, -0.2) is 4.98 Å². The van der Waals surface area contributed by atoms with Crippen molar-refractivity contribution in [3.05, 3.63) is 48.3 Å². The van der Waals surface area contributed by atoms with E-state index in [0.29, 0.717) is 10.1 Å². The van der Waals surface area contributed by atoms with E-state index in [1.807, 2.05) is 46.3 Å². The monoisotopic (exact) mass is 332 g/mol. The Morgan fingerprint density at radius 2 is 2.40 bits per heavy atom. The number of nitrogens with zero attached hydrogens (tertiary/aromatic N) is 2. The zero-order chi connectivity index (χ0) is 10.8. The molecule has 15 heavy (non-hydrogen) atoms. The molecule has 2 rings (SSSR count). The van der Waals surface area contributed by atoms with Crippen LogP contribution in [-0.4, -0.2) is 9.55 Å². The molecule has 0 aromatic carbocycles. The molecule has 0 N–H and O–H groups in total. The number of aryl methyl sites for hydroxylation is 1. The minimum absolute atomic E-state index is 0.0364. The Labute approximate surface area is 105 Å². The highest BCUT2D eigenvalue weighted by Crippen LogP contribution is 2.08. The molecule has 3 nitrogen and oxygen atoms in total. The number of aromatic nitrogens is 2. The predicted molar refractivity (Wildman–Crippen MR) is 69.4 cm³/mol. The van der Waals surface area contributed by atoms with Gasteiger partial charge < -0.3 is 0 Å². The molecule has 0 radical (unpaired) electrons. The van der Waals surface area contributed by atoms with E-state index >= 15 is 0 Å². The molecule has 0 fully saturated rings. The Kier molecular flexibility index (Phi) is 3.20. The van der Waals surface area contributed by atoms with Crippen LogP contribution in [0.1, 0.15) is 11.4 Å². The maximum Gasteiger partial charge on any atom is 0.267 e. The molecule has 0 bridgehead atoms. The lowest BCUT2D eigenvalue weighted by atomic mass is 10.3. The van der Waals surface area contributed by atoms with Crippen LogP contribution < -0.4 is 5.56 Å². The highest BCUT2D eigenvalue weighted by Gasteiger charge is 2.05. The lowest BCUT2D eigenvalue weighted by molar-refractivity contribution is 0.696. The smallest absolute Gasteiger partial charge is 0.267 e. The molecular formula is C10H9IN2OS. The van der Waals surface area contributed by atoms with Gasteiger partial charge in [-0.1, -0.05) is 0 Å². The molecule has 0 atom stereocenters. The number of hydrogen-bond acceptors (Lipinski definition) is 3. The van der Waals surface area contributed by atoms with Crippen LogP contribution in [0.3, 0.4) is 0 Å². The summed E-state index contributed by atoms with van der Waals surface area (Å²) in [4.78, 5) is 16.0. The zero-order valence-corrected chi connectivity index (χ0v) is 11.1. The van der Waals surface area contributed by atoms with Gasteiger partial charge in [0.1, 0.15) is 5.82 Å². The maximum absolute atomic E-state index is 11.8. The van der Waals surface area contributed by atoms with Crippen LogP contribution in [0.2, 0.25) is 0 Å². The highest BCUT2D eigenvalue weighted by atomic mass is 127. The third-order valence-corrected chi connectivity index (χ3v) is 3.60. The standard InChI is InChI=1S/C10H9IN2OS/c1-7-12-4-9(11)10(14)13(7)5-8-2-3-15-6-8/h2-4,6H,5H2,1H3. The van der Waals surface area contributed by atoms with Gasteiger partial charge in [-0.15, -0.1) is 0 Å². The highest BCUT2D eigenvalue weighted by molar-refractivity contribution is 14.1. The third-order valence-electron chi connectivity index (χ3n) is 2.13. The largest absolute Gasteiger partial charge is 0.291 e. The normalized spacial score (nSPS) is 10.5. The van der Waals surface area contributed by atoms with Crippen molar-refractivity contribution in [1.82, 2.24) is 9.55 Å². The first kappa shape index (κ1) is 10.8. The third kappa shape index (κ3) is 2.28. The molecule has 0 saturated heterocycles. The van der Waals surface area contributed by atoms with Crippen LogP contribution in [0.25, 0.3) is 0 Å².